The molecule has 0 unspecified atom stereocenters. The van der Waals surface area contributed by atoms with Gasteiger partial charge in [-0.05, 0) is 50.5 Å². The van der Waals surface area contributed by atoms with Crippen LogP contribution < -0.4 is 0 Å². The first kappa shape index (κ1) is 27.5. The lowest BCUT2D eigenvalue weighted by Crippen LogP contribution is -2.33. The molecule has 1 amide bonds. The molecule has 198 valence electrons. The maximum atomic E-state index is 13.2. The smallest absolute Gasteiger partial charge is 0.326 e. The molecule has 0 saturated heterocycles. The largest absolute Gasteiger partial charge is 0.459 e. The summed E-state index contributed by atoms with van der Waals surface area (Å²) in [7, 11) is 0. The van der Waals surface area contributed by atoms with Crippen molar-refractivity contribution in [1.82, 2.24) is 14.5 Å². The zero-order valence-corrected chi connectivity index (χ0v) is 23.1. The summed E-state index contributed by atoms with van der Waals surface area (Å²) in [6.45, 7) is 6.93. The second kappa shape index (κ2) is 12.8. The Bertz CT molecular complexity index is 1350. The molecule has 7 heteroatoms. The van der Waals surface area contributed by atoms with Gasteiger partial charge >= 0.3 is 5.97 Å². The molecule has 0 spiro atoms. The highest BCUT2D eigenvalue weighted by Crippen LogP contribution is 2.25. The van der Waals surface area contributed by atoms with E-state index in [1.165, 1.54) is 0 Å². The molecule has 1 heterocycles. The van der Waals surface area contributed by atoms with Gasteiger partial charge in [-0.2, -0.15) is 0 Å². The van der Waals surface area contributed by atoms with Crippen LogP contribution in [-0.2, 0) is 33.8 Å². The second-order valence-corrected chi connectivity index (χ2v) is 11.3. The first-order valence-corrected chi connectivity index (χ1v) is 13.9. The lowest BCUT2D eigenvalue weighted by Gasteiger charge is -2.23. The summed E-state index contributed by atoms with van der Waals surface area (Å²) < 4.78 is 7.49. The van der Waals surface area contributed by atoms with Crippen LogP contribution in [0, 0.1) is 0 Å². The summed E-state index contributed by atoms with van der Waals surface area (Å²) in [6, 6.07) is 27.8. The highest BCUT2D eigenvalue weighted by Gasteiger charge is 2.20. The Morgan fingerprint density at radius 3 is 2.21 bits per heavy atom. The van der Waals surface area contributed by atoms with Crippen molar-refractivity contribution in [1.29, 1.82) is 0 Å². The summed E-state index contributed by atoms with van der Waals surface area (Å²) >= 11 is 1.60. The first-order valence-electron chi connectivity index (χ1n) is 12.9. The maximum Gasteiger partial charge on any atom is 0.326 e. The number of hydrogen-bond acceptors (Lipinski definition) is 5. The number of ether oxygens (including phenoxy) is 1. The maximum absolute atomic E-state index is 13.2. The Morgan fingerprint density at radius 2 is 1.53 bits per heavy atom. The third-order valence-corrected chi connectivity index (χ3v) is 6.96. The Hall–Kier alpha value is -3.58. The van der Waals surface area contributed by atoms with E-state index in [4.69, 9.17) is 9.72 Å². The van der Waals surface area contributed by atoms with Gasteiger partial charge in [-0.3, -0.25) is 9.59 Å². The van der Waals surface area contributed by atoms with Crippen LogP contribution in [0.4, 0.5) is 0 Å². The third-order valence-electron chi connectivity index (χ3n) is 5.90. The number of fused-ring (bicyclic) bond motifs is 1. The summed E-state index contributed by atoms with van der Waals surface area (Å²) in [5.74, 6) is 0.590. The van der Waals surface area contributed by atoms with Crippen molar-refractivity contribution in [2.75, 3.05) is 12.3 Å². The molecule has 0 fully saturated rings. The number of carbonyl (C=O) groups excluding carboxylic acids is 2. The van der Waals surface area contributed by atoms with Gasteiger partial charge in [0.2, 0.25) is 5.91 Å². The molecule has 4 rings (SSSR count). The Kier molecular flexibility index (Phi) is 9.24. The molecule has 4 aromatic rings. The molecule has 0 aliphatic rings. The molecule has 0 saturated carbocycles. The van der Waals surface area contributed by atoms with Crippen LogP contribution >= 0.6 is 11.8 Å². The average molecular weight is 530 g/mol. The number of thioether (sulfide) groups is 1. The molecular formula is C31H35N3O3S. The number of benzene rings is 3. The average Bonchev–Trinajstić information content (AvgIpc) is 3.23. The highest BCUT2D eigenvalue weighted by atomic mass is 32.2. The monoisotopic (exact) mass is 529 g/mol. The number of rotatable bonds is 11. The van der Waals surface area contributed by atoms with Crippen molar-refractivity contribution in [2.24, 2.45) is 0 Å². The third kappa shape index (κ3) is 7.96. The molecule has 0 bridgehead atoms. The van der Waals surface area contributed by atoms with E-state index in [0.717, 1.165) is 39.5 Å². The van der Waals surface area contributed by atoms with Crippen LogP contribution in [-0.4, -0.2) is 44.2 Å². The molecule has 38 heavy (non-hydrogen) atoms. The summed E-state index contributed by atoms with van der Waals surface area (Å²) in [6.07, 6.45) is 1.18. The van der Waals surface area contributed by atoms with Crippen LogP contribution in [0.2, 0.25) is 0 Å². The van der Waals surface area contributed by atoms with Gasteiger partial charge in [-0.25, -0.2) is 4.98 Å². The van der Waals surface area contributed by atoms with E-state index in [-0.39, 0.29) is 18.4 Å². The second-order valence-electron chi connectivity index (χ2n) is 10.2. The quantitative estimate of drug-likeness (QED) is 0.133. The Morgan fingerprint density at radius 1 is 0.895 bits per heavy atom. The molecule has 6 nitrogen and oxygen atoms in total. The van der Waals surface area contributed by atoms with Crippen molar-refractivity contribution in [3.8, 4) is 0 Å². The first-order chi connectivity index (χ1) is 18.3. The van der Waals surface area contributed by atoms with Crippen LogP contribution in [0.15, 0.2) is 90.1 Å². The molecule has 0 radical (unpaired) electrons. The summed E-state index contributed by atoms with van der Waals surface area (Å²) in [4.78, 5) is 32.6. The van der Waals surface area contributed by atoms with E-state index >= 15 is 0 Å². The van der Waals surface area contributed by atoms with E-state index in [2.05, 4.69) is 12.1 Å². The minimum Gasteiger partial charge on any atom is -0.459 e. The van der Waals surface area contributed by atoms with Crippen LogP contribution in [0.3, 0.4) is 0 Å². The van der Waals surface area contributed by atoms with Crippen LogP contribution in [0.25, 0.3) is 11.0 Å². The summed E-state index contributed by atoms with van der Waals surface area (Å²) in [5, 5.41) is 0.780. The summed E-state index contributed by atoms with van der Waals surface area (Å²) in [5.41, 5.74) is 3.34. The zero-order valence-electron chi connectivity index (χ0n) is 22.3. The molecule has 3 aromatic carbocycles. The fourth-order valence-corrected chi connectivity index (χ4v) is 5.15. The predicted octanol–water partition coefficient (Wildman–Crippen LogP) is 6.13. The number of imidazole rings is 1. The number of hydrogen-bond donors (Lipinski definition) is 0. The van der Waals surface area contributed by atoms with Crippen molar-refractivity contribution in [2.45, 2.75) is 57.5 Å². The zero-order chi connectivity index (χ0) is 27.0. The molecule has 0 atom stereocenters. The normalized spacial score (nSPS) is 11.4. The van der Waals surface area contributed by atoms with Crippen LogP contribution in [0.5, 0.6) is 0 Å². The van der Waals surface area contributed by atoms with Gasteiger partial charge < -0.3 is 14.2 Å². The molecular weight excluding hydrogens is 494 g/mol. The molecule has 0 N–H and O–H groups in total. The van der Waals surface area contributed by atoms with E-state index < -0.39 is 5.60 Å². The Balaban J connectivity index is 1.42. The fourth-order valence-electron chi connectivity index (χ4n) is 4.22. The molecule has 0 aliphatic heterocycles. The van der Waals surface area contributed by atoms with Crippen molar-refractivity contribution in [3.63, 3.8) is 0 Å². The number of carbonyl (C=O) groups is 2. The van der Waals surface area contributed by atoms with Gasteiger partial charge in [0.1, 0.15) is 12.1 Å². The lowest BCUT2D eigenvalue weighted by molar-refractivity contribution is -0.155. The van der Waals surface area contributed by atoms with E-state index in [9.17, 15) is 9.59 Å². The van der Waals surface area contributed by atoms with Gasteiger partial charge in [0, 0.05) is 18.8 Å². The highest BCUT2D eigenvalue weighted by molar-refractivity contribution is 7.99. The standard InChI is InChI=1S/C31H35N3O3S/c1-31(2,3)37-29(36)23-34-27-18-11-10-17-26(27)32-30(34)38-20-12-19-33(22-25-15-8-5-9-16-25)28(35)21-24-13-6-4-7-14-24/h4-11,13-18H,12,19-23H2,1-3H3. The molecule has 0 aliphatic carbocycles. The van der Waals surface area contributed by atoms with Gasteiger partial charge in [-0.1, -0.05) is 84.6 Å². The predicted molar refractivity (Wildman–Crippen MR) is 153 cm³/mol. The van der Waals surface area contributed by atoms with Gasteiger partial charge in [-0.15, -0.1) is 0 Å². The van der Waals surface area contributed by atoms with Gasteiger partial charge in [0.15, 0.2) is 5.16 Å². The van der Waals surface area contributed by atoms with Crippen molar-refractivity contribution >= 4 is 34.7 Å². The minimum atomic E-state index is -0.546. The number of para-hydroxylation sites is 2. The lowest BCUT2D eigenvalue weighted by atomic mass is 10.1. The van der Waals surface area contributed by atoms with E-state index in [0.29, 0.717) is 19.5 Å². The van der Waals surface area contributed by atoms with Crippen LogP contribution in [0.1, 0.15) is 38.3 Å². The van der Waals surface area contributed by atoms with E-state index in [1.54, 1.807) is 11.8 Å². The SMILES string of the molecule is CC(C)(C)OC(=O)Cn1c(SCCCN(Cc2ccccc2)C(=O)Cc2ccccc2)nc2ccccc21. The van der Waals surface area contributed by atoms with Crippen molar-refractivity contribution in [3.05, 3.63) is 96.1 Å². The van der Waals surface area contributed by atoms with Gasteiger partial charge in [0.05, 0.1) is 17.5 Å². The van der Waals surface area contributed by atoms with Gasteiger partial charge in [0.25, 0.3) is 0 Å². The fraction of sp³-hybridized carbons (Fsp3) is 0.323. The number of esters is 1. The van der Waals surface area contributed by atoms with Crippen molar-refractivity contribution < 1.29 is 14.3 Å². The number of nitrogens with zero attached hydrogens (tertiary/aromatic N) is 3. The minimum absolute atomic E-state index is 0.107. The number of amides is 1. The van der Waals surface area contributed by atoms with E-state index in [1.807, 2.05) is 103 Å². The molecule has 1 aromatic heterocycles. The number of aromatic nitrogens is 2. The topological polar surface area (TPSA) is 64.4 Å². The Labute approximate surface area is 229 Å².